The minimum Gasteiger partial charge on any atom is -0.493 e. The summed E-state index contributed by atoms with van der Waals surface area (Å²) in [6, 6.07) is 6.12. The molecule has 0 amide bonds. The zero-order valence-corrected chi connectivity index (χ0v) is 15.6. The number of rotatable bonds is 3. The van der Waals surface area contributed by atoms with E-state index >= 15 is 0 Å². The summed E-state index contributed by atoms with van der Waals surface area (Å²) in [4.78, 5) is 4.62. The molecule has 1 fully saturated rings. The Hall–Kier alpha value is -1.76. The van der Waals surface area contributed by atoms with Crippen molar-refractivity contribution in [1.29, 1.82) is 0 Å². The highest BCUT2D eigenvalue weighted by Crippen LogP contribution is 2.45. The van der Waals surface area contributed by atoms with Gasteiger partial charge in [-0.15, -0.1) is 0 Å². The standard InChI is InChI=1S/C18H25N3O3S/c1-18-14-11-13(6-5-12-3-4-12)7-8-15(14)24-10-9-16(18)25(22,23)21(2)17(19)20-18/h7-8,11-12,16H,3-6,9-10H2,1-2H3,(H2,19,20)/t16-,18+/m0/s1. The average Bonchev–Trinajstić information content (AvgIpc) is 3.39. The molecule has 4 rings (SSSR count). The van der Waals surface area contributed by atoms with Crippen LogP contribution in [0.2, 0.25) is 0 Å². The summed E-state index contributed by atoms with van der Waals surface area (Å²) in [6.07, 6.45) is 5.25. The fourth-order valence-electron chi connectivity index (χ4n) is 3.96. The topological polar surface area (TPSA) is 85.0 Å². The highest BCUT2D eigenvalue weighted by atomic mass is 32.2. The van der Waals surface area contributed by atoms with Crippen LogP contribution >= 0.6 is 0 Å². The lowest BCUT2D eigenvalue weighted by molar-refractivity contribution is 0.310. The van der Waals surface area contributed by atoms with Crippen molar-refractivity contribution in [3.05, 3.63) is 29.3 Å². The molecule has 1 aromatic rings. The second-order valence-electron chi connectivity index (χ2n) is 7.57. The fraction of sp³-hybridized carbons (Fsp3) is 0.611. The summed E-state index contributed by atoms with van der Waals surface area (Å²) in [5, 5.41) is -0.669. The van der Waals surface area contributed by atoms with Crippen molar-refractivity contribution in [1.82, 2.24) is 4.31 Å². The van der Waals surface area contributed by atoms with Crippen LogP contribution in [0.5, 0.6) is 5.75 Å². The number of benzene rings is 1. The monoisotopic (exact) mass is 363 g/mol. The van der Waals surface area contributed by atoms with Crippen molar-refractivity contribution < 1.29 is 13.2 Å². The second-order valence-corrected chi connectivity index (χ2v) is 9.72. The van der Waals surface area contributed by atoms with Gasteiger partial charge in [0.05, 0.1) is 6.61 Å². The van der Waals surface area contributed by atoms with Crippen LogP contribution in [0.25, 0.3) is 0 Å². The first kappa shape index (κ1) is 16.7. The van der Waals surface area contributed by atoms with Crippen molar-refractivity contribution in [2.75, 3.05) is 13.7 Å². The van der Waals surface area contributed by atoms with E-state index in [1.54, 1.807) is 0 Å². The largest absolute Gasteiger partial charge is 0.493 e. The van der Waals surface area contributed by atoms with Gasteiger partial charge in [-0.25, -0.2) is 17.7 Å². The molecule has 2 aliphatic heterocycles. The van der Waals surface area contributed by atoms with Gasteiger partial charge in [-0.1, -0.05) is 18.9 Å². The first-order chi connectivity index (χ1) is 11.8. The van der Waals surface area contributed by atoms with Crippen LogP contribution in [-0.2, 0) is 22.0 Å². The lowest BCUT2D eigenvalue weighted by atomic mass is 9.86. The lowest BCUT2D eigenvalue weighted by Crippen LogP contribution is -2.56. The second kappa shape index (κ2) is 5.62. The SMILES string of the molecule is CN1C(N)=N[C@]2(C)c3cc(CCC4CC4)ccc3OCC[C@@H]2S1(=O)=O. The molecule has 3 aliphatic rings. The Bertz CT molecular complexity index is 832. The third kappa shape index (κ3) is 2.69. The molecular weight excluding hydrogens is 338 g/mol. The van der Waals surface area contributed by atoms with Gasteiger partial charge < -0.3 is 10.5 Å². The van der Waals surface area contributed by atoms with E-state index in [0.29, 0.717) is 13.0 Å². The molecule has 25 heavy (non-hydrogen) atoms. The molecule has 2 heterocycles. The smallest absolute Gasteiger partial charge is 0.242 e. The highest BCUT2D eigenvalue weighted by Gasteiger charge is 2.52. The van der Waals surface area contributed by atoms with Gasteiger partial charge in [0, 0.05) is 19.0 Å². The van der Waals surface area contributed by atoms with E-state index in [1.807, 2.05) is 13.0 Å². The van der Waals surface area contributed by atoms with Crippen molar-refractivity contribution in [2.24, 2.45) is 16.6 Å². The van der Waals surface area contributed by atoms with Crippen LogP contribution in [0.3, 0.4) is 0 Å². The van der Waals surface area contributed by atoms with E-state index in [9.17, 15) is 8.42 Å². The van der Waals surface area contributed by atoms with Gasteiger partial charge in [0.25, 0.3) is 0 Å². The van der Waals surface area contributed by atoms with E-state index in [2.05, 4.69) is 17.1 Å². The Balaban J connectivity index is 1.81. The summed E-state index contributed by atoms with van der Waals surface area (Å²) >= 11 is 0. The van der Waals surface area contributed by atoms with Crippen molar-refractivity contribution >= 4 is 16.0 Å². The van der Waals surface area contributed by atoms with Gasteiger partial charge in [0.2, 0.25) is 16.0 Å². The number of hydrogen-bond donors (Lipinski definition) is 1. The zero-order valence-electron chi connectivity index (χ0n) is 14.7. The summed E-state index contributed by atoms with van der Waals surface area (Å²) in [5.74, 6) is 1.61. The predicted molar refractivity (Wildman–Crippen MR) is 97.0 cm³/mol. The number of hydrogen-bond acceptors (Lipinski definition) is 5. The van der Waals surface area contributed by atoms with E-state index in [4.69, 9.17) is 10.5 Å². The Morgan fingerprint density at radius 3 is 2.84 bits per heavy atom. The van der Waals surface area contributed by atoms with Crippen LogP contribution < -0.4 is 10.5 Å². The Labute approximate surface area is 149 Å². The number of nitrogens with two attached hydrogens (primary N) is 1. The van der Waals surface area contributed by atoms with Crippen molar-refractivity contribution in [3.63, 3.8) is 0 Å². The molecule has 136 valence electrons. The molecule has 2 atom stereocenters. The molecule has 0 aromatic heterocycles. The summed E-state index contributed by atoms with van der Waals surface area (Å²) < 4.78 is 32.9. The molecule has 0 unspecified atom stereocenters. The molecule has 1 aliphatic carbocycles. The zero-order chi connectivity index (χ0) is 17.8. The third-order valence-electron chi connectivity index (χ3n) is 5.80. The van der Waals surface area contributed by atoms with Crippen LogP contribution in [0, 0.1) is 5.92 Å². The molecule has 0 radical (unpaired) electrons. The number of fused-ring (bicyclic) bond motifs is 3. The maximum absolute atomic E-state index is 12.9. The summed E-state index contributed by atoms with van der Waals surface area (Å²) in [5.41, 5.74) is 7.08. The predicted octanol–water partition coefficient (Wildman–Crippen LogP) is 1.99. The molecular formula is C18H25N3O3S. The van der Waals surface area contributed by atoms with E-state index in [0.717, 1.165) is 28.0 Å². The number of aliphatic imine (C=N–C) groups is 1. The molecule has 0 spiro atoms. The number of guanidine groups is 1. The van der Waals surface area contributed by atoms with Crippen molar-refractivity contribution in [2.45, 2.75) is 49.8 Å². The van der Waals surface area contributed by atoms with Crippen LogP contribution in [0.1, 0.15) is 43.7 Å². The molecule has 2 N–H and O–H groups in total. The normalized spacial score (nSPS) is 30.6. The number of sulfonamides is 1. The van der Waals surface area contributed by atoms with E-state index in [-0.39, 0.29) is 5.96 Å². The van der Waals surface area contributed by atoms with E-state index < -0.39 is 20.8 Å². The fourth-order valence-corrected chi connectivity index (χ4v) is 5.80. The van der Waals surface area contributed by atoms with Gasteiger partial charge in [-0.2, -0.15) is 0 Å². The molecule has 1 aromatic carbocycles. The van der Waals surface area contributed by atoms with Crippen LogP contribution in [0.15, 0.2) is 23.2 Å². The van der Waals surface area contributed by atoms with Gasteiger partial charge in [0.1, 0.15) is 16.5 Å². The molecule has 1 saturated carbocycles. The molecule has 6 nitrogen and oxygen atoms in total. The van der Waals surface area contributed by atoms with Crippen LogP contribution in [0.4, 0.5) is 0 Å². The number of nitrogens with zero attached hydrogens (tertiary/aromatic N) is 2. The van der Waals surface area contributed by atoms with Gasteiger partial charge in [0.15, 0.2) is 0 Å². The average molecular weight is 363 g/mol. The number of ether oxygens (including phenoxy) is 1. The lowest BCUT2D eigenvalue weighted by Gasteiger charge is -2.40. The van der Waals surface area contributed by atoms with E-state index in [1.165, 1.54) is 31.9 Å². The Morgan fingerprint density at radius 2 is 2.12 bits per heavy atom. The highest BCUT2D eigenvalue weighted by molar-refractivity contribution is 7.90. The first-order valence-corrected chi connectivity index (χ1v) is 10.4. The first-order valence-electron chi connectivity index (χ1n) is 8.91. The van der Waals surface area contributed by atoms with Gasteiger partial charge >= 0.3 is 0 Å². The van der Waals surface area contributed by atoms with Gasteiger partial charge in [-0.3, -0.25) is 0 Å². The number of aryl methyl sites for hydroxylation is 1. The quantitative estimate of drug-likeness (QED) is 0.890. The Kier molecular flexibility index (Phi) is 3.76. The minimum atomic E-state index is -3.57. The summed E-state index contributed by atoms with van der Waals surface area (Å²) in [7, 11) is -2.10. The third-order valence-corrected chi connectivity index (χ3v) is 8.17. The van der Waals surface area contributed by atoms with Crippen molar-refractivity contribution in [3.8, 4) is 5.75 Å². The minimum absolute atomic E-state index is 0.0370. The maximum atomic E-state index is 12.9. The van der Waals surface area contributed by atoms with Gasteiger partial charge in [-0.05, 0) is 43.4 Å². The Morgan fingerprint density at radius 1 is 1.36 bits per heavy atom. The maximum Gasteiger partial charge on any atom is 0.242 e. The molecule has 0 bridgehead atoms. The molecule has 7 heteroatoms. The molecule has 0 saturated heterocycles. The summed E-state index contributed by atoms with van der Waals surface area (Å²) in [6.45, 7) is 2.23. The van der Waals surface area contributed by atoms with Crippen LogP contribution in [-0.4, -0.2) is 37.6 Å².